The van der Waals surface area contributed by atoms with Gasteiger partial charge in [0.25, 0.3) is 0 Å². The Hall–Kier alpha value is -2.63. The van der Waals surface area contributed by atoms with Crippen molar-refractivity contribution in [2.45, 2.75) is 110 Å². The van der Waals surface area contributed by atoms with Gasteiger partial charge in [-0.3, -0.25) is 14.4 Å². The Balaban J connectivity index is 1.77. The quantitative estimate of drug-likeness (QED) is 0.196. The molecule has 0 aromatic carbocycles. The number of carbonyl (C=O) groups is 4. The van der Waals surface area contributed by atoms with Crippen LogP contribution in [0.4, 0.5) is 4.39 Å². The third-order valence-corrected chi connectivity index (χ3v) is 11.4. The van der Waals surface area contributed by atoms with E-state index in [-0.39, 0.29) is 71.6 Å². The first kappa shape index (κ1) is 39.8. The van der Waals surface area contributed by atoms with Crippen molar-refractivity contribution >= 4 is 24.0 Å². The second kappa shape index (κ2) is 17.9. The summed E-state index contributed by atoms with van der Waals surface area (Å²) in [7, 11) is 6.63. The largest absolute Gasteiger partial charge is 0.379 e. The molecule has 3 amide bonds. The lowest BCUT2D eigenvalue weighted by Crippen LogP contribution is -2.55. The number of halogens is 1. The van der Waals surface area contributed by atoms with Crippen molar-refractivity contribution in [2.24, 2.45) is 35.0 Å². The first-order valence-electron chi connectivity index (χ1n) is 17.8. The van der Waals surface area contributed by atoms with Gasteiger partial charge < -0.3 is 34.7 Å². The molecule has 0 aromatic rings. The molecule has 2 aliphatic carbocycles. The van der Waals surface area contributed by atoms with E-state index < -0.39 is 30.2 Å². The van der Waals surface area contributed by atoms with E-state index in [9.17, 15) is 23.6 Å². The molecule has 1 saturated heterocycles. The highest BCUT2D eigenvalue weighted by Gasteiger charge is 2.56. The summed E-state index contributed by atoms with van der Waals surface area (Å²) in [5.41, 5.74) is 0.0569. The summed E-state index contributed by atoms with van der Waals surface area (Å²) in [5, 5.41) is 5.77. The van der Waals surface area contributed by atoms with Crippen LogP contribution >= 0.6 is 0 Å². The Morgan fingerprint density at radius 3 is 2.38 bits per heavy atom. The molecule has 2 fully saturated rings. The van der Waals surface area contributed by atoms with Crippen LogP contribution in [0.3, 0.4) is 0 Å². The Morgan fingerprint density at radius 1 is 1.17 bits per heavy atom. The van der Waals surface area contributed by atoms with Gasteiger partial charge in [0.05, 0.1) is 43.3 Å². The van der Waals surface area contributed by atoms with E-state index in [0.717, 1.165) is 32.0 Å². The number of likely N-dealkylation sites (tertiary alicyclic amines) is 1. The fraction of sp³-hybridized carbons (Fsp3) is 0.784. The molecule has 1 saturated carbocycles. The van der Waals surface area contributed by atoms with Gasteiger partial charge in [-0.2, -0.15) is 0 Å². The van der Waals surface area contributed by atoms with Crippen molar-refractivity contribution in [3.05, 3.63) is 24.1 Å². The van der Waals surface area contributed by atoms with Crippen LogP contribution in [0.25, 0.3) is 0 Å². The molecular formula is C37H61FN4O6. The van der Waals surface area contributed by atoms with Gasteiger partial charge in [0, 0.05) is 39.6 Å². The predicted molar refractivity (Wildman–Crippen MR) is 184 cm³/mol. The van der Waals surface area contributed by atoms with E-state index in [1.54, 1.807) is 39.3 Å². The highest BCUT2D eigenvalue weighted by molar-refractivity contribution is 5.87. The molecule has 2 N–H and O–H groups in total. The molecule has 1 aliphatic heterocycles. The minimum atomic E-state index is -0.579. The molecule has 272 valence electrons. The van der Waals surface area contributed by atoms with E-state index in [0.29, 0.717) is 19.4 Å². The summed E-state index contributed by atoms with van der Waals surface area (Å²) < 4.78 is 26.6. The van der Waals surface area contributed by atoms with Crippen LogP contribution < -0.4 is 10.6 Å². The maximum atomic E-state index is 14.6. The maximum Gasteiger partial charge on any atom is 0.242 e. The molecule has 3 aliphatic rings. The van der Waals surface area contributed by atoms with Crippen molar-refractivity contribution in [1.29, 1.82) is 0 Å². The van der Waals surface area contributed by atoms with Gasteiger partial charge in [0.15, 0.2) is 0 Å². The number of hydrogen-bond donors (Lipinski definition) is 2. The Morgan fingerprint density at radius 2 is 1.85 bits per heavy atom. The lowest BCUT2D eigenvalue weighted by molar-refractivity contribution is -0.145. The van der Waals surface area contributed by atoms with E-state index in [1.807, 2.05) is 45.6 Å². The molecule has 3 rings (SSSR count). The molecular weight excluding hydrogens is 615 g/mol. The Kier molecular flexibility index (Phi) is 14.8. The summed E-state index contributed by atoms with van der Waals surface area (Å²) in [4.78, 5) is 56.3. The van der Waals surface area contributed by atoms with Gasteiger partial charge in [-0.15, -0.1) is 0 Å². The van der Waals surface area contributed by atoms with E-state index in [4.69, 9.17) is 9.47 Å². The van der Waals surface area contributed by atoms with Gasteiger partial charge in [0.1, 0.15) is 12.1 Å². The molecule has 0 radical (unpaired) electrons. The number of allylic oxidation sites excluding steroid dienone is 4. The zero-order chi connectivity index (χ0) is 35.8. The standard InChI is InChI=1S/C37H61FN4O6/c1-10-24(4)34(41(7)32(45)20-40-36(46)33(39-6)23(2)3)30(47-8)18-31(44)42-22-37(15-16-37)19-29(42)35(48-9)25(5)27(21-43)17-26-13-11-12-14-28(26)38/h11-12,14,21,23-27,29-30,33-35,39H,10,13,15-20,22H2,1-9H3,(H,40,46). The fourth-order valence-electron chi connectivity index (χ4n) is 7.95. The first-order valence-corrected chi connectivity index (χ1v) is 17.8. The summed E-state index contributed by atoms with van der Waals surface area (Å²) in [6.45, 7) is 10.4. The van der Waals surface area contributed by atoms with Gasteiger partial charge in [-0.25, -0.2) is 4.39 Å². The number of methoxy groups -OCH3 is 2. The predicted octanol–water partition coefficient (Wildman–Crippen LogP) is 4.29. The number of amides is 3. The normalized spacial score (nSPS) is 24.3. The van der Waals surface area contributed by atoms with Gasteiger partial charge in [-0.1, -0.05) is 53.2 Å². The summed E-state index contributed by atoms with van der Waals surface area (Å²) >= 11 is 0. The van der Waals surface area contributed by atoms with Gasteiger partial charge in [0.2, 0.25) is 17.7 Å². The zero-order valence-electron chi connectivity index (χ0n) is 30.7. The van der Waals surface area contributed by atoms with Crippen LogP contribution in [0.5, 0.6) is 0 Å². The van der Waals surface area contributed by atoms with Crippen LogP contribution in [0.1, 0.15) is 79.6 Å². The summed E-state index contributed by atoms with van der Waals surface area (Å²) in [6, 6.07) is -1.05. The molecule has 9 atom stereocenters. The van der Waals surface area contributed by atoms with E-state index in [2.05, 4.69) is 10.6 Å². The second-order valence-electron chi connectivity index (χ2n) is 14.9. The van der Waals surface area contributed by atoms with E-state index in [1.165, 1.54) is 6.08 Å². The van der Waals surface area contributed by atoms with Crippen LogP contribution in [-0.2, 0) is 28.7 Å². The van der Waals surface area contributed by atoms with Crippen molar-refractivity contribution in [1.82, 2.24) is 20.4 Å². The fourth-order valence-corrected chi connectivity index (χ4v) is 7.95. The SMILES string of the molecule is CCC(C)C(C(CC(=O)N1CC2(CC2)CC1C(OC)C(C)C(C=O)CC1CC=CC=C1F)OC)N(C)C(=O)CNC(=O)C(NC)C(C)C. The highest BCUT2D eigenvalue weighted by Crippen LogP contribution is 2.56. The number of carbonyl (C=O) groups excluding carboxylic acids is 4. The van der Waals surface area contributed by atoms with Crippen LogP contribution in [0.2, 0.25) is 0 Å². The molecule has 10 nitrogen and oxygen atoms in total. The molecule has 9 unspecified atom stereocenters. The zero-order valence-corrected chi connectivity index (χ0v) is 30.7. The average Bonchev–Trinajstić information content (AvgIpc) is 3.72. The number of rotatable bonds is 19. The minimum Gasteiger partial charge on any atom is -0.379 e. The third kappa shape index (κ3) is 9.53. The highest BCUT2D eigenvalue weighted by atomic mass is 19.1. The molecule has 0 aromatic heterocycles. The topological polar surface area (TPSA) is 117 Å². The number of hydrogen-bond acceptors (Lipinski definition) is 7. The van der Waals surface area contributed by atoms with Crippen molar-refractivity contribution < 1.29 is 33.0 Å². The summed E-state index contributed by atoms with van der Waals surface area (Å²) in [5.74, 6) is -1.70. The maximum absolute atomic E-state index is 14.6. The van der Waals surface area contributed by atoms with Gasteiger partial charge >= 0.3 is 0 Å². The van der Waals surface area contributed by atoms with Crippen LogP contribution in [-0.4, -0.2) is 106 Å². The smallest absolute Gasteiger partial charge is 0.242 e. The monoisotopic (exact) mass is 676 g/mol. The van der Waals surface area contributed by atoms with Crippen molar-refractivity contribution in [2.75, 3.05) is 41.4 Å². The molecule has 0 bridgehead atoms. The minimum absolute atomic E-state index is 0.0152. The van der Waals surface area contributed by atoms with Crippen LogP contribution in [0.15, 0.2) is 24.1 Å². The second-order valence-corrected chi connectivity index (χ2v) is 14.9. The molecule has 1 spiro atoms. The van der Waals surface area contributed by atoms with Crippen molar-refractivity contribution in [3.8, 4) is 0 Å². The number of aldehydes is 1. The molecule has 1 heterocycles. The Labute approximate surface area is 287 Å². The van der Waals surface area contributed by atoms with E-state index >= 15 is 0 Å². The van der Waals surface area contributed by atoms with Crippen molar-refractivity contribution in [3.63, 3.8) is 0 Å². The molecule has 48 heavy (non-hydrogen) atoms. The third-order valence-electron chi connectivity index (χ3n) is 11.4. The number of likely N-dealkylation sites (N-methyl/N-ethyl adjacent to an activating group) is 2. The number of ether oxygens (including phenoxy) is 2. The average molecular weight is 677 g/mol. The number of nitrogens with one attached hydrogen (secondary N) is 2. The first-order chi connectivity index (χ1) is 22.8. The Bertz CT molecular complexity index is 1170. The molecule has 11 heteroatoms. The lowest BCUT2D eigenvalue weighted by Gasteiger charge is -2.40. The number of nitrogens with zero attached hydrogens (tertiary/aromatic N) is 2. The summed E-state index contributed by atoms with van der Waals surface area (Å²) in [6.07, 6.45) is 9.69. The van der Waals surface area contributed by atoms with Crippen LogP contribution in [0, 0.1) is 35.0 Å². The lowest BCUT2D eigenvalue weighted by atomic mass is 9.78. The van der Waals surface area contributed by atoms with Gasteiger partial charge in [-0.05, 0) is 68.4 Å².